The van der Waals surface area contributed by atoms with Crippen LogP contribution in [0.3, 0.4) is 0 Å². The molecule has 3 aromatic rings. The number of benzene rings is 3. The number of rotatable bonds is 4. The molecule has 0 unspecified atom stereocenters. The predicted octanol–water partition coefficient (Wildman–Crippen LogP) is 5.84. The Hall–Kier alpha value is -3.38. The molecule has 1 N–H and O–H groups in total. The molecule has 152 valence electrons. The Morgan fingerprint density at radius 2 is 1.80 bits per heavy atom. The summed E-state index contributed by atoms with van der Waals surface area (Å²) >= 11 is 5.91. The van der Waals surface area contributed by atoms with E-state index in [4.69, 9.17) is 11.6 Å². The first kappa shape index (κ1) is 19.9. The molecule has 1 amide bonds. The zero-order valence-electron chi connectivity index (χ0n) is 16.3. The van der Waals surface area contributed by atoms with Crippen molar-refractivity contribution >= 4 is 34.6 Å². The van der Waals surface area contributed by atoms with Crippen molar-refractivity contribution in [3.8, 4) is 0 Å². The van der Waals surface area contributed by atoms with Crippen LogP contribution in [-0.2, 0) is 0 Å². The molecular weight excluding hydrogens is 402 g/mol. The van der Waals surface area contributed by atoms with Gasteiger partial charge < -0.3 is 10.2 Å². The summed E-state index contributed by atoms with van der Waals surface area (Å²) in [4.78, 5) is 25.7. The van der Waals surface area contributed by atoms with Crippen molar-refractivity contribution in [2.75, 3.05) is 10.2 Å². The van der Waals surface area contributed by atoms with Crippen LogP contribution < -0.4 is 10.2 Å². The van der Waals surface area contributed by atoms with E-state index in [1.54, 1.807) is 4.90 Å². The predicted molar refractivity (Wildman–Crippen MR) is 118 cm³/mol. The van der Waals surface area contributed by atoms with Crippen LogP contribution in [0.4, 0.5) is 17.1 Å². The first-order valence-electron chi connectivity index (χ1n) is 9.63. The van der Waals surface area contributed by atoms with Crippen LogP contribution in [0.2, 0.25) is 5.02 Å². The smallest absolute Gasteiger partial charge is 0.288 e. The Morgan fingerprint density at radius 1 is 1.10 bits per heavy atom. The molecular formula is C23H20ClN3O3. The third-order valence-corrected chi connectivity index (χ3v) is 5.63. The number of nitrogens with one attached hydrogen (secondary N) is 1. The van der Waals surface area contributed by atoms with E-state index in [0.717, 1.165) is 16.9 Å². The molecule has 0 saturated carbocycles. The highest BCUT2D eigenvalue weighted by Crippen LogP contribution is 2.40. The monoisotopic (exact) mass is 421 g/mol. The number of nitrogens with zero attached hydrogens (tertiary/aromatic N) is 2. The zero-order valence-corrected chi connectivity index (χ0v) is 17.0. The van der Waals surface area contributed by atoms with Crippen molar-refractivity contribution in [3.63, 3.8) is 0 Å². The number of nitro groups is 1. The van der Waals surface area contributed by atoms with Gasteiger partial charge in [0.05, 0.1) is 11.0 Å². The van der Waals surface area contributed by atoms with Gasteiger partial charge in [0.1, 0.15) is 5.02 Å². The van der Waals surface area contributed by atoms with Crippen LogP contribution >= 0.6 is 11.6 Å². The minimum atomic E-state index is -0.577. The first-order valence-corrected chi connectivity index (χ1v) is 10.0. The molecule has 0 aliphatic carbocycles. The molecule has 4 rings (SSSR count). The average molecular weight is 422 g/mol. The molecule has 1 aliphatic heterocycles. The van der Waals surface area contributed by atoms with Crippen LogP contribution in [0.15, 0.2) is 72.8 Å². The van der Waals surface area contributed by atoms with Gasteiger partial charge in [-0.1, -0.05) is 48.0 Å². The molecule has 0 saturated heterocycles. The normalized spacial score (nSPS) is 17.9. The number of halogens is 1. The summed E-state index contributed by atoms with van der Waals surface area (Å²) in [5.74, 6) is -0.284. The third-order valence-electron chi connectivity index (χ3n) is 5.31. The lowest BCUT2D eigenvalue weighted by atomic mass is 9.90. The van der Waals surface area contributed by atoms with Crippen molar-refractivity contribution in [3.05, 3.63) is 99.1 Å². The Morgan fingerprint density at radius 3 is 2.53 bits per heavy atom. The standard InChI is InChI=1S/C23H20ClN3O3/c1-15-13-20(25-17-7-3-2-4-8-17)18-9-5-6-10-21(18)26(15)23(28)16-11-12-19(24)22(14-16)27(29)30/h2-12,14-15,20,25H,13H2,1H3/t15-,20+/m0/s1. The number of anilines is 2. The SMILES string of the molecule is C[C@H]1C[C@@H](Nc2ccccc2)c2ccccc2N1C(=O)c1ccc(Cl)c([N+](=O)[O-])c1. The van der Waals surface area contributed by atoms with E-state index in [1.165, 1.54) is 18.2 Å². The highest BCUT2D eigenvalue weighted by Gasteiger charge is 2.34. The number of para-hydroxylation sites is 2. The zero-order chi connectivity index (χ0) is 21.3. The number of amides is 1. The van der Waals surface area contributed by atoms with Crippen LogP contribution in [0, 0.1) is 10.1 Å². The van der Waals surface area contributed by atoms with E-state index in [9.17, 15) is 14.9 Å². The molecule has 0 fully saturated rings. The molecule has 0 spiro atoms. The van der Waals surface area contributed by atoms with Crippen LogP contribution in [-0.4, -0.2) is 16.9 Å². The maximum atomic E-state index is 13.4. The summed E-state index contributed by atoms with van der Waals surface area (Å²) in [6.45, 7) is 1.98. The molecule has 30 heavy (non-hydrogen) atoms. The van der Waals surface area contributed by atoms with E-state index >= 15 is 0 Å². The molecule has 7 heteroatoms. The molecule has 3 aromatic carbocycles. The summed E-state index contributed by atoms with van der Waals surface area (Å²) < 4.78 is 0. The largest absolute Gasteiger partial charge is 0.378 e. The summed E-state index contributed by atoms with van der Waals surface area (Å²) in [6, 6.07) is 21.8. The summed E-state index contributed by atoms with van der Waals surface area (Å²) in [6.07, 6.45) is 0.702. The molecule has 1 aliphatic rings. The minimum absolute atomic E-state index is 0.00997. The van der Waals surface area contributed by atoms with E-state index in [1.807, 2.05) is 61.5 Å². The van der Waals surface area contributed by atoms with Crippen molar-refractivity contribution in [2.24, 2.45) is 0 Å². The average Bonchev–Trinajstić information content (AvgIpc) is 2.74. The topological polar surface area (TPSA) is 75.5 Å². The molecule has 2 atom stereocenters. The lowest BCUT2D eigenvalue weighted by Gasteiger charge is -2.40. The third kappa shape index (κ3) is 3.74. The molecule has 1 heterocycles. The fourth-order valence-electron chi connectivity index (χ4n) is 3.92. The summed E-state index contributed by atoms with van der Waals surface area (Å²) in [5.41, 5.74) is 2.78. The number of carbonyl (C=O) groups excluding carboxylic acids is 1. The second-order valence-electron chi connectivity index (χ2n) is 7.30. The molecule has 0 radical (unpaired) electrons. The van der Waals surface area contributed by atoms with Gasteiger partial charge in [0, 0.05) is 29.0 Å². The van der Waals surface area contributed by atoms with E-state index in [2.05, 4.69) is 5.32 Å². The molecule has 0 bridgehead atoms. The van der Waals surface area contributed by atoms with Gasteiger partial charge in [-0.2, -0.15) is 0 Å². The first-order chi connectivity index (χ1) is 14.5. The van der Waals surface area contributed by atoms with Gasteiger partial charge in [-0.25, -0.2) is 0 Å². The van der Waals surface area contributed by atoms with E-state index in [0.29, 0.717) is 6.42 Å². The van der Waals surface area contributed by atoms with E-state index in [-0.39, 0.29) is 34.3 Å². The summed E-state index contributed by atoms with van der Waals surface area (Å²) in [5, 5.41) is 14.8. The molecule has 0 aromatic heterocycles. The van der Waals surface area contributed by atoms with Gasteiger partial charge >= 0.3 is 0 Å². The highest BCUT2D eigenvalue weighted by molar-refractivity contribution is 6.32. The van der Waals surface area contributed by atoms with Crippen molar-refractivity contribution in [1.29, 1.82) is 0 Å². The minimum Gasteiger partial charge on any atom is -0.378 e. The number of hydrogen-bond donors (Lipinski definition) is 1. The van der Waals surface area contributed by atoms with Gasteiger partial charge in [-0.15, -0.1) is 0 Å². The Labute approximate surface area is 179 Å². The maximum absolute atomic E-state index is 13.4. The Kier molecular flexibility index (Phi) is 5.42. The van der Waals surface area contributed by atoms with Crippen LogP contribution in [0.25, 0.3) is 0 Å². The Balaban J connectivity index is 1.70. The van der Waals surface area contributed by atoms with E-state index < -0.39 is 4.92 Å². The Bertz CT molecular complexity index is 1100. The van der Waals surface area contributed by atoms with Crippen molar-refractivity contribution in [1.82, 2.24) is 0 Å². The van der Waals surface area contributed by atoms with Crippen molar-refractivity contribution in [2.45, 2.75) is 25.4 Å². The lowest BCUT2D eigenvalue weighted by molar-refractivity contribution is -0.384. The number of carbonyl (C=O) groups is 1. The van der Waals surface area contributed by atoms with Crippen LogP contribution in [0.5, 0.6) is 0 Å². The van der Waals surface area contributed by atoms with Crippen molar-refractivity contribution < 1.29 is 9.72 Å². The van der Waals surface area contributed by atoms with Gasteiger partial charge in [0.25, 0.3) is 11.6 Å². The number of hydrogen-bond acceptors (Lipinski definition) is 4. The number of fused-ring (bicyclic) bond motifs is 1. The maximum Gasteiger partial charge on any atom is 0.288 e. The quantitative estimate of drug-likeness (QED) is 0.424. The number of nitro benzene ring substituents is 1. The van der Waals surface area contributed by atoms with Gasteiger partial charge in [-0.05, 0) is 49.2 Å². The van der Waals surface area contributed by atoms with Gasteiger partial charge in [0.2, 0.25) is 0 Å². The second kappa shape index (κ2) is 8.16. The highest BCUT2D eigenvalue weighted by atomic mass is 35.5. The van der Waals surface area contributed by atoms with Gasteiger partial charge in [0.15, 0.2) is 0 Å². The molecule has 6 nitrogen and oxygen atoms in total. The second-order valence-corrected chi connectivity index (χ2v) is 7.71. The fraction of sp³-hybridized carbons (Fsp3) is 0.174. The fourth-order valence-corrected chi connectivity index (χ4v) is 4.11. The van der Waals surface area contributed by atoms with Gasteiger partial charge in [-0.3, -0.25) is 14.9 Å². The van der Waals surface area contributed by atoms with Crippen LogP contribution in [0.1, 0.15) is 35.3 Å². The summed E-state index contributed by atoms with van der Waals surface area (Å²) in [7, 11) is 0. The lowest BCUT2D eigenvalue weighted by Crippen LogP contribution is -2.44.